The molecule has 0 aliphatic carbocycles. The molecule has 0 aliphatic rings. The Morgan fingerprint density at radius 1 is 0.515 bits per heavy atom. The number of halogens is 4. The summed E-state index contributed by atoms with van der Waals surface area (Å²) in [7, 11) is 0. The van der Waals surface area contributed by atoms with Crippen molar-refractivity contribution in [3.05, 3.63) is 116 Å². The Bertz CT molecular complexity index is 1210. The van der Waals surface area contributed by atoms with E-state index in [1.807, 2.05) is 72.8 Å². The minimum absolute atomic E-state index is 0.478. The average Bonchev–Trinajstić information content (AvgIpc) is 2.83. The van der Waals surface area contributed by atoms with Crippen LogP contribution >= 0.6 is 46.4 Å². The highest BCUT2D eigenvalue weighted by atomic mass is 35.5. The zero-order valence-electron chi connectivity index (χ0n) is 17.1. The van der Waals surface area contributed by atoms with Crippen LogP contribution in [0.25, 0.3) is 0 Å². The van der Waals surface area contributed by atoms with Crippen LogP contribution in [0.3, 0.4) is 0 Å². The van der Waals surface area contributed by atoms with Crippen molar-refractivity contribution < 1.29 is 4.74 Å². The van der Waals surface area contributed by atoms with Crippen LogP contribution in [0.15, 0.2) is 94.9 Å². The number of hydrogen-bond donors (Lipinski definition) is 0. The SMILES string of the molecule is Clc1cccc(C=Nc2ccc(Oc3ccc(N=Cc4cccc(Cl)c4Cl)cc3)cc2)c1Cl. The molecule has 0 bridgehead atoms. The molecule has 0 fully saturated rings. The molecule has 0 saturated heterocycles. The third-order valence-electron chi connectivity index (χ3n) is 4.58. The van der Waals surface area contributed by atoms with Gasteiger partial charge in [-0.3, -0.25) is 9.98 Å². The fourth-order valence-corrected chi connectivity index (χ4v) is 3.58. The van der Waals surface area contributed by atoms with Crippen molar-refractivity contribution in [2.24, 2.45) is 9.98 Å². The highest BCUT2D eigenvalue weighted by Gasteiger charge is 2.03. The molecule has 164 valence electrons. The average molecular weight is 514 g/mol. The zero-order chi connectivity index (χ0) is 23.2. The van der Waals surface area contributed by atoms with Gasteiger partial charge in [0.25, 0.3) is 0 Å². The van der Waals surface area contributed by atoms with E-state index >= 15 is 0 Å². The maximum Gasteiger partial charge on any atom is 0.127 e. The fourth-order valence-electron chi connectivity index (χ4n) is 2.87. The molecular weight excluding hydrogens is 498 g/mol. The summed E-state index contributed by atoms with van der Waals surface area (Å²) in [6, 6.07) is 25.7. The molecule has 0 radical (unpaired) electrons. The van der Waals surface area contributed by atoms with Crippen LogP contribution < -0.4 is 4.74 Å². The first-order valence-corrected chi connectivity index (χ1v) is 11.3. The monoisotopic (exact) mass is 512 g/mol. The molecule has 4 aromatic carbocycles. The minimum atomic E-state index is 0.478. The Labute approximate surface area is 211 Å². The van der Waals surface area contributed by atoms with Gasteiger partial charge in [0.15, 0.2) is 0 Å². The Morgan fingerprint density at radius 2 is 0.909 bits per heavy atom. The molecule has 4 rings (SSSR count). The third kappa shape index (κ3) is 6.16. The van der Waals surface area contributed by atoms with Gasteiger partial charge in [-0.2, -0.15) is 0 Å². The van der Waals surface area contributed by atoms with Crippen LogP contribution in [-0.4, -0.2) is 12.4 Å². The molecular formula is C26H16Cl4N2O. The van der Waals surface area contributed by atoms with E-state index in [1.165, 1.54) is 0 Å². The van der Waals surface area contributed by atoms with Gasteiger partial charge < -0.3 is 4.74 Å². The van der Waals surface area contributed by atoms with Crippen molar-refractivity contribution in [3.63, 3.8) is 0 Å². The molecule has 0 saturated carbocycles. The first-order chi connectivity index (χ1) is 16.0. The van der Waals surface area contributed by atoms with E-state index in [0.717, 1.165) is 22.5 Å². The summed E-state index contributed by atoms with van der Waals surface area (Å²) in [6.07, 6.45) is 3.36. The molecule has 0 unspecified atom stereocenters. The summed E-state index contributed by atoms with van der Waals surface area (Å²) in [4.78, 5) is 8.88. The highest BCUT2D eigenvalue weighted by Crippen LogP contribution is 2.28. The van der Waals surface area contributed by atoms with Crippen LogP contribution in [0.1, 0.15) is 11.1 Å². The van der Waals surface area contributed by atoms with Gasteiger partial charge in [0.05, 0.1) is 31.5 Å². The normalized spacial score (nSPS) is 11.4. The summed E-state index contributed by atoms with van der Waals surface area (Å²) in [5.74, 6) is 1.38. The summed E-state index contributed by atoms with van der Waals surface area (Å²) in [5, 5.41) is 1.95. The molecule has 33 heavy (non-hydrogen) atoms. The van der Waals surface area contributed by atoms with Crippen molar-refractivity contribution in [1.82, 2.24) is 0 Å². The quantitative estimate of drug-likeness (QED) is 0.236. The highest BCUT2D eigenvalue weighted by molar-refractivity contribution is 6.44. The molecule has 0 N–H and O–H groups in total. The molecule has 4 aromatic rings. The molecule has 0 amide bonds. The van der Waals surface area contributed by atoms with Crippen molar-refractivity contribution in [3.8, 4) is 11.5 Å². The number of nitrogens with zero attached hydrogens (tertiary/aromatic N) is 2. The Kier molecular flexibility index (Phi) is 7.69. The topological polar surface area (TPSA) is 34.0 Å². The number of rotatable bonds is 6. The number of benzene rings is 4. The number of aliphatic imine (C=N–C) groups is 2. The van der Waals surface area contributed by atoms with Gasteiger partial charge in [-0.25, -0.2) is 0 Å². The fraction of sp³-hybridized carbons (Fsp3) is 0. The lowest BCUT2D eigenvalue weighted by Crippen LogP contribution is -1.85. The smallest absolute Gasteiger partial charge is 0.127 e. The second kappa shape index (κ2) is 10.9. The minimum Gasteiger partial charge on any atom is -0.457 e. The number of ether oxygens (including phenoxy) is 1. The van der Waals surface area contributed by atoms with E-state index in [-0.39, 0.29) is 0 Å². The lowest BCUT2D eigenvalue weighted by molar-refractivity contribution is 0.483. The molecule has 0 atom stereocenters. The maximum atomic E-state index is 6.19. The van der Waals surface area contributed by atoms with Crippen LogP contribution in [-0.2, 0) is 0 Å². The lowest BCUT2D eigenvalue weighted by Gasteiger charge is -2.06. The van der Waals surface area contributed by atoms with Gasteiger partial charge in [0.1, 0.15) is 11.5 Å². The summed E-state index contributed by atoms with van der Waals surface area (Å²) < 4.78 is 5.90. The van der Waals surface area contributed by atoms with Gasteiger partial charge in [0.2, 0.25) is 0 Å². The Balaban J connectivity index is 1.39. The van der Waals surface area contributed by atoms with E-state index in [4.69, 9.17) is 51.1 Å². The molecule has 0 aliphatic heterocycles. The molecule has 3 nitrogen and oxygen atoms in total. The third-order valence-corrected chi connectivity index (χ3v) is 6.24. The lowest BCUT2D eigenvalue weighted by atomic mass is 10.2. The van der Waals surface area contributed by atoms with Gasteiger partial charge in [-0.05, 0) is 60.7 Å². The van der Waals surface area contributed by atoms with E-state index in [2.05, 4.69) is 9.98 Å². The molecule has 0 spiro atoms. The molecule has 7 heteroatoms. The largest absolute Gasteiger partial charge is 0.457 e. The van der Waals surface area contributed by atoms with Crippen LogP contribution in [0.2, 0.25) is 20.1 Å². The van der Waals surface area contributed by atoms with Gasteiger partial charge in [0, 0.05) is 23.6 Å². The Hall–Kier alpha value is -2.82. The predicted octanol–water partition coefficient (Wildman–Crippen LogP) is 9.59. The van der Waals surface area contributed by atoms with Crippen molar-refractivity contribution >= 4 is 70.2 Å². The van der Waals surface area contributed by atoms with E-state index in [1.54, 1.807) is 24.6 Å². The maximum absolute atomic E-state index is 6.19. The van der Waals surface area contributed by atoms with E-state index in [0.29, 0.717) is 31.6 Å². The Morgan fingerprint density at radius 3 is 1.30 bits per heavy atom. The van der Waals surface area contributed by atoms with Gasteiger partial charge >= 0.3 is 0 Å². The van der Waals surface area contributed by atoms with Crippen molar-refractivity contribution in [2.45, 2.75) is 0 Å². The second-order valence-electron chi connectivity index (χ2n) is 6.89. The van der Waals surface area contributed by atoms with Gasteiger partial charge in [-0.15, -0.1) is 0 Å². The first-order valence-electron chi connectivity index (χ1n) is 9.84. The van der Waals surface area contributed by atoms with Crippen LogP contribution in [0.4, 0.5) is 11.4 Å². The van der Waals surface area contributed by atoms with Gasteiger partial charge in [-0.1, -0.05) is 70.7 Å². The summed E-state index contributed by atoms with van der Waals surface area (Å²) in [5.41, 5.74) is 3.04. The summed E-state index contributed by atoms with van der Waals surface area (Å²) >= 11 is 24.4. The summed E-state index contributed by atoms with van der Waals surface area (Å²) in [6.45, 7) is 0. The van der Waals surface area contributed by atoms with E-state index < -0.39 is 0 Å². The van der Waals surface area contributed by atoms with E-state index in [9.17, 15) is 0 Å². The second-order valence-corrected chi connectivity index (χ2v) is 8.46. The number of hydrogen-bond acceptors (Lipinski definition) is 3. The first kappa shape index (κ1) is 23.3. The van der Waals surface area contributed by atoms with Crippen molar-refractivity contribution in [2.75, 3.05) is 0 Å². The molecule has 0 heterocycles. The van der Waals surface area contributed by atoms with Crippen LogP contribution in [0, 0.1) is 0 Å². The van der Waals surface area contributed by atoms with Crippen molar-refractivity contribution in [1.29, 1.82) is 0 Å². The van der Waals surface area contributed by atoms with Crippen LogP contribution in [0.5, 0.6) is 11.5 Å². The standard InChI is InChI=1S/C26H16Cl4N2O/c27-23-5-1-3-17(25(23)29)15-31-19-7-11-21(12-8-19)33-22-13-9-20(10-14-22)32-16-18-4-2-6-24(28)26(18)30/h1-16H. The molecule has 0 aromatic heterocycles. The zero-order valence-corrected chi connectivity index (χ0v) is 20.1. The predicted molar refractivity (Wildman–Crippen MR) is 140 cm³/mol.